The molecule has 0 bridgehead atoms. The molecule has 0 aliphatic rings. The quantitative estimate of drug-likeness (QED) is 0.590. The Kier molecular flexibility index (Phi) is 3.70. The lowest BCUT2D eigenvalue weighted by Gasteiger charge is -2.06. The Morgan fingerprint density at radius 3 is 2.80 bits per heavy atom. The summed E-state index contributed by atoms with van der Waals surface area (Å²) in [6, 6.07) is 9.33. The van der Waals surface area contributed by atoms with Gasteiger partial charge in [-0.2, -0.15) is 5.10 Å². The van der Waals surface area contributed by atoms with Crippen molar-refractivity contribution in [2.45, 2.75) is 6.92 Å². The van der Waals surface area contributed by atoms with Crippen molar-refractivity contribution >= 4 is 17.4 Å². The Bertz CT molecular complexity index is 1040. The standard InChI is InChI=1S/C17H14ClN7/c1-10-7-20-15(19)6-14(10)25-8-12(17-21-9-22-23-17)16(24-25)11-4-2-3-5-13(11)18/h2-9H,1H3,(H2,19,20)(H,21,22,23). The minimum absolute atomic E-state index is 0.427. The van der Waals surface area contributed by atoms with Gasteiger partial charge < -0.3 is 10.7 Å². The van der Waals surface area contributed by atoms with Crippen LogP contribution in [0.1, 0.15) is 5.56 Å². The first kappa shape index (κ1) is 15.3. The molecule has 3 aromatic heterocycles. The third-order valence-electron chi connectivity index (χ3n) is 3.86. The Morgan fingerprint density at radius 2 is 2.04 bits per heavy atom. The number of rotatable bonds is 3. The number of H-pyrrole nitrogens is 1. The number of aromatic amines is 1. The summed E-state index contributed by atoms with van der Waals surface area (Å²) < 4.78 is 1.75. The Labute approximate surface area is 148 Å². The van der Waals surface area contributed by atoms with Gasteiger partial charge in [0.25, 0.3) is 0 Å². The maximum atomic E-state index is 6.38. The number of benzene rings is 1. The topological polar surface area (TPSA) is 98.3 Å². The number of hydrogen-bond acceptors (Lipinski definition) is 5. The molecule has 0 aliphatic carbocycles. The first-order valence-corrected chi connectivity index (χ1v) is 7.95. The monoisotopic (exact) mass is 351 g/mol. The van der Waals surface area contributed by atoms with E-state index in [1.54, 1.807) is 16.9 Å². The minimum atomic E-state index is 0.427. The van der Waals surface area contributed by atoms with Crippen LogP contribution in [0, 0.1) is 6.92 Å². The van der Waals surface area contributed by atoms with Crippen LogP contribution in [0.25, 0.3) is 28.3 Å². The van der Waals surface area contributed by atoms with E-state index in [-0.39, 0.29) is 0 Å². The van der Waals surface area contributed by atoms with Gasteiger partial charge in [-0.05, 0) is 18.6 Å². The molecule has 1 aromatic carbocycles. The number of nitrogens with two attached hydrogens (primary N) is 1. The normalized spacial score (nSPS) is 11.0. The third kappa shape index (κ3) is 2.74. The van der Waals surface area contributed by atoms with E-state index in [0.29, 0.717) is 22.4 Å². The highest BCUT2D eigenvalue weighted by Gasteiger charge is 2.18. The molecule has 4 rings (SSSR count). The highest BCUT2D eigenvalue weighted by molar-refractivity contribution is 6.33. The van der Waals surface area contributed by atoms with Crippen LogP contribution in [-0.2, 0) is 0 Å². The largest absolute Gasteiger partial charge is 0.384 e. The van der Waals surface area contributed by atoms with Gasteiger partial charge in [0.1, 0.15) is 17.8 Å². The van der Waals surface area contributed by atoms with E-state index >= 15 is 0 Å². The van der Waals surface area contributed by atoms with Crippen LogP contribution in [0.2, 0.25) is 5.02 Å². The Hall–Kier alpha value is -3.19. The third-order valence-corrected chi connectivity index (χ3v) is 4.19. The zero-order valence-electron chi connectivity index (χ0n) is 13.3. The van der Waals surface area contributed by atoms with Crippen LogP contribution < -0.4 is 5.73 Å². The Balaban J connectivity index is 1.96. The predicted molar refractivity (Wildman–Crippen MR) is 96.3 cm³/mol. The second kappa shape index (κ2) is 6.03. The van der Waals surface area contributed by atoms with Gasteiger partial charge in [-0.3, -0.25) is 0 Å². The summed E-state index contributed by atoms with van der Waals surface area (Å²) in [4.78, 5) is 7.12. The van der Waals surface area contributed by atoms with Crippen LogP contribution in [-0.4, -0.2) is 29.9 Å². The maximum Gasteiger partial charge on any atom is 0.164 e. The van der Waals surface area contributed by atoms with Gasteiger partial charge in [0.15, 0.2) is 5.82 Å². The van der Waals surface area contributed by atoms with Gasteiger partial charge >= 0.3 is 0 Å². The van der Waals surface area contributed by atoms with Crippen molar-refractivity contribution in [3.63, 3.8) is 0 Å². The van der Waals surface area contributed by atoms with E-state index in [4.69, 9.17) is 22.4 Å². The van der Waals surface area contributed by atoms with Gasteiger partial charge in [-0.15, -0.1) is 10.2 Å². The molecule has 0 saturated carbocycles. The summed E-state index contributed by atoms with van der Waals surface area (Å²) >= 11 is 6.38. The lowest BCUT2D eigenvalue weighted by molar-refractivity contribution is 0.873. The molecule has 0 unspecified atom stereocenters. The number of aryl methyl sites for hydroxylation is 1. The van der Waals surface area contributed by atoms with Crippen molar-refractivity contribution in [2.24, 2.45) is 0 Å². The highest BCUT2D eigenvalue weighted by atomic mass is 35.5. The smallest absolute Gasteiger partial charge is 0.164 e. The van der Waals surface area contributed by atoms with E-state index in [1.807, 2.05) is 37.4 Å². The van der Waals surface area contributed by atoms with Crippen LogP contribution in [0.4, 0.5) is 5.82 Å². The summed E-state index contributed by atoms with van der Waals surface area (Å²) in [5.41, 5.74) is 9.94. The second-order valence-electron chi connectivity index (χ2n) is 5.55. The van der Waals surface area contributed by atoms with Gasteiger partial charge in [0.05, 0.1) is 16.3 Å². The number of anilines is 1. The SMILES string of the molecule is Cc1cnc(N)cc1-n1cc(-c2nnc[nH]2)c(-c2ccccc2Cl)n1. The molecule has 124 valence electrons. The highest BCUT2D eigenvalue weighted by Crippen LogP contribution is 2.34. The summed E-state index contributed by atoms with van der Waals surface area (Å²) in [5.74, 6) is 1.04. The first-order valence-electron chi connectivity index (χ1n) is 7.57. The van der Waals surface area contributed by atoms with Crippen LogP contribution in [0.5, 0.6) is 0 Å². The summed E-state index contributed by atoms with van der Waals surface area (Å²) in [5, 5.41) is 13.3. The van der Waals surface area contributed by atoms with Crippen molar-refractivity contribution in [1.82, 2.24) is 29.9 Å². The molecule has 0 saturated heterocycles. The summed E-state index contributed by atoms with van der Waals surface area (Å²) in [6.45, 7) is 1.95. The second-order valence-corrected chi connectivity index (χ2v) is 5.96. The average Bonchev–Trinajstić information content (AvgIpc) is 3.26. The number of halogens is 1. The number of aromatic nitrogens is 6. The van der Waals surface area contributed by atoms with Gasteiger partial charge in [-0.1, -0.05) is 29.8 Å². The fraction of sp³-hybridized carbons (Fsp3) is 0.0588. The molecule has 25 heavy (non-hydrogen) atoms. The van der Waals surface area contributed by atoms with Crippen LogP contribution >= 0.6 is 11.6 Å². The lowest BCUT2D eigenvalue weighted by Crippen LogP contribution is -2.01. The van der Waals surface area contributed by atoms with E-state index in [9.17, 15) is 0 Å². The number of hydrogen-bond donors (Lipinski definition) is 2. The number of nitrogens with one attached hydrogen (secondary N) is 1. The van der Waals surface area contributed by atoms with E-state index < -0.39 is 0 Å². The zero-order chi connectivity index (χ0) is 17.4. The number of nitrogen functional groups attached to an aromatic ring is 1. The van der Waals surface area contributed by atoms with Crippen molar-refractivity contribution in [2.75, 3.05) is 5.73 Å². The van der Waals surface area contributed by atoms with Crippen LogP contribution in [0.3, 0.4) is 0 Å². The molecule has 4 aromatic rings. The number of pyridine rings is 1. The molecule has 0 aliphatic heterocycles. The van der Waals surface area contributed by atoms with Crippen molar-refractivity contribution < 1.29 is 0 Å². The fourth-order valence-electron chi connectivity index (χ4n) is 2.64. The van der Waals surface area contributed by atoms with Crippen LogP contribution in [0.15, 0.2) is 49.1 Å². The fourth-order valence-corrected chi connectivity index (χ4v) is 2.86. The molecule has 3 heterocycles. The van der Waals surface area contributed by atoms with E-state index in [1.165, 1.54) is 6.33 Å². The molecule has 0 radical (unpaired) electrons. The molecule has 7 nitrogen and oxygen atoms in total. The van der Waals surface area contributed by atoms with Crippen molar-refractivity contribution in [3.05, 3.63) is 59.6 Å². The predicted octanol–water partition coefficient (Wildman–Crippen LogP) is 3.26. The van der Waals surface area contributed by atoms with Crippen molar-refractivity contribution in [1.29, 1.82) is 0 Å². The van der Waals surface area contributed by atoms with Crippen molar-refractivity contribution in [3.8, 4) is 28.3 Å². The van der Waals surface area contributed by atoms with E-state index in [2.05, 4.69) is 20.2 Å². The molecule has 0 spiro atoms. The molecule has 0 amide bonds. The van der Waals surface area contributed by atoms with Gasteiger partial charge in [0.2, 0.25) is 0 Å². The molecule has 8 heteroatoms. The lowest BCUT2D eigenvalue weighted by atomic mass is 10.1. The molecule has 0 fully saturated rings. The summed E-state index contributed by atoms with van der Waals surface area (Å²) in [7, 11) is 0. The first-order chi connectivity index (χ1) is 12.1. The zero-order valence-corrected chi connectivity index (χ0v) is 14.1. The Morgan fingerprint density at radius 1 is 1.20 bits per heavy atom. The molecular formula is C17H14ClN7. The van der Waals surface area contributed by atoms with Gasteiger partial charge in [-0.25, -0.2) is 9.67 Å². The molecule has 3 N–H and O–H groups in total. The summed E-state index contributed by atoms with van der Waals surface area (Å²) in [6.07, 6.45) is 5.12. The maximum absolute atomic E-state index is 6.38. The average molecular weight is 352 g/mol. The minimum Gasteiger partial charge on any atom is -0.384 e. The van der Waals surface area contributed by atoms with E-state index in [0.717, 1.165) is 22.4 Å². The van der Waals surface area contributed by atoms with Gasteiger partial charge in [0, 0.05) is 24.0 Å². The molecule has 0 atom stereocenters. The number of nitrogens with zero attached hydrogens (tertiary/aromatic N) is 5. The molecular weight excluding hydrogens is 338 g/mol.